The molecule has 0 bridgehead atoms. The smallest absolute Gasteiger partial charge is 0.232 e. The first-order valence-corrected chi connectivity index (χ1v) is 9.42. The molecule has 0 aliphatic heterocycles. The molecular weight excluding hydrogens is 366 g/mol. The Kier molecular flexibility index (Phi) is 6.14. The predicted octanol–water partition coefficient (Wildman–Crippen LogP) is 2.77. The van der Waals surface area contributed by atoms with Gasteiger partial charge in [0.25, 0.3) is 0 Å². The van der Waals surface area contributed by atoms with Crippen LogP contribution in [0.15, 0.2) is 42.5 Å². The van der Waals surface area contributed by atoms with Crippen molar-refractivity contribution in [1.29, 1.82) is 0 Å². The molecular formula is C17H18F2N2O4S. The van der Waals surface area contributed by atoms with Crippen molar-refractivity contribution in [3.63, 3.8) is 0 Å². The minimum absolute atomic E-state index is 0.139. The highest BCUT2D eigenvalue weighted by Crippen LogP contribution is 2.22. The summed E-state index contributed by atoms with van der Waals surface area (Å²) in [6.45, 7) is -0.139. The number of rotatable bonds is 7. The van der Waals surface area contributed by atoms with Gasteiger partial charge in [-0.05, 0) is 36.4 Å². The van der Waals surface area contributed by atoms with Crippen LogP contribution in [0.1, 0.15) is 6.42 Å². The second-order valence-corrected chi connectivity index (χ2v) is 7.36. The van der Waals surface area contributed by atoms with Gasteiger partial charge >= 0.3 is 0 Å². The molecule has 0 aliphatic rings. The number of hydrogen-bond acceptors (Lipinski definition) is 4. The molecule has 26 heavy (non-hydrogen) atoms. The van der Waals surface area contributed by atoms with E-state index in [0.29, 0.717) is 17.5 Å². The summed E-state index contributed by atoms with van der Waals surface area (Å²) in [5.41, 5.74) is 0.195. The number of nitrogens with zero attached hydrogens (tertiary/aromatic N) is 1. The van der Waals surface area contributed by atoms with Gasteiger partial charge in [0.1, 0.15) is 17.4 Å². The zero-order valence-corrected chi connectivity index (χ0v) is 15.0. The maximum absolute atomic E-state index is 13.6. The van der Waals surface area contributed by atoms with Gasteiger partial charge in [-0.25, -0.2) is 17.2 Å². The molecule has 6 nitrogen and oxygen atoms in total. The number of methoxy groups -OCH3 is 1. The fourth-order valence-electron chi connectivity index (χ4n) is 2.24. The Hall–Kier alpha value is -2.68. The van der Waals surface area contributed by atoms with Crippen LogP contribution < -0.4 is 14.4 Å². The van der Waals surface area contributed by atoms with Crippen LogP contribution in [0.3, 0.4) is 0 Å². The minimum atomic E-state index is -3.63. The van der Waals surface area contributed by atoms with E-state index < -0.39 is 27.6 Å². The lowest BCUT2D eigenvalue weighted by molar-refractivity contribution is -0.116. The molecule has 9 heteroatoms. The van der Waals surface area contributed by atoms with Crippen molar-refractivity contribution < 1.29 is 26.7 Å². The molecule has 0 aliphatic carbocycles. The average molecular weight is 384 g/mol. The number of carbonyl (C=O) groups is 1. The molecule has 2 rings (SSSR count). The lowest BCUT2D eigenvalue weighted by atomic mass is 10.2. The van der Waals surface area contributed by atoms with Gasteiger partial charge in [0.05, 0.1) is 24.7 Å². The highest BCUT2D eigenvalue weighted by molar-refractivity contribution is 7.92. The van der Waals surface area contributed by atoms with Crippen LogP contribution in [0.25, 0.3) is 0 Å². The molecule has 140 valence electrons. The molecule has 0 spiro atoms. The van der Waals surface area contributed by atoms with Crippen molar-refractivity contribution in [1.82, 2.24) is 0 Å². The summed E-state index contributed by atoms with van der Waals surface area (Å²) in [5, 5.41) is 2.29. The number of sulfonamides is 1. The van der Waals surface area contributed by atoms with E-state index >= 15 is 0 Å². The van der Waals surface area contributed by atoms with Crippen molar-refractivity contribution in [2.75, 3.05) is 29.5 Å². The second kappa shape index (κ2) is 8.13. The first-order chi connectivity index (χ1) is 12.2. The van der Waals surface area contributed by atoms with Crippen LogP contribution in [0.4, 0.5) is 20.2 Å². The van der Waals surface area contributed by atoms with Gasteiger partial charge in [0, 0.05) is 19.0 Å². The molecule has 0 aromatic heterocycles. The van der Waals surface area contributed by atoms with Crippen LogP contribution in [-0.4, -0.2) is 34.2 Å². The largest absolute Gasteiger partial charge is 0.497 e. The Morgan fingerprint density at radius 1 is 1.15 bits per heavy atom. The number of amides is 1. The van der Waals surface area contributed by atoms with E-state index in [-0.39, 0.29) is 18.7 Å². The molecule has 0 atom stereocenters. The fraction of sp³-hybridized carbons (Fsp3) is 0.235. The van der Waals surface area contributed by atoms with Crippen molar-refractivity contribution in [2.24, 2.45) is 0 Å². The van der Waals surface area contributed by atoms with Crippen molar-refractivity contribution >= 4 is 27.3 Å². The van der Waals surface area contributed by atoms with Crippen LogP contribution in [0.5, 0.6) is 5.75 Å². The van der Waals surface area contributed by atoms with E-state index in [9.17, 15) is 22.0 Å². The van der Waals surface area contributed by atoms with Crippen LogP contribution in [0, 0.1) is 11.6 Å². The minimum Gasteiger partial charge on any atom is -0.497 e. The summed E-state index contributed by atoms with van der Waals surface area (Å²) >= 11 is 0. The van der Waals surface area contributed by atoms with Crippen molar-refractivity contribution in [3.05, 3.63) is 54.1 Å². The number of nitrogens with one attached hydrogen (secondary N) is 1. The van der Waals surface area contributed by atoms with Gasteiger partial charge in [-0.1, -0.05) is 0 Å². The quantitative estimate of drug-likeness (QED) is 0.797. The van der Waals surface area contributed by atoms with E-state index in [1.807, 2.05) is 0 Å². The van der Waals surface area contributed by atoms with Crippen molar-refractivity contribution in [2.45, 2.75) is 6.42 Å². The topological polar surface area (TPSA) is 75.7 Å². The highest BCUT2D eigenvalue weighted by Gasteiger charge is 2.19. The van der Waals surface area contributed by atoms with E-state index in [0.717, 1.165) is 22.7 Å². The normalized spacial score (nSPS) is 11.1. The van der Waals surface area contributed by atoms with Crippen LogP contribution in [0.2, 0.25) is 0 Å². The molecule has 0 fully saturated rings. The zero-order valence-electron chi connectivity index (χ0n) is 14.2. The van der Waals surface area contributed by atoms with Crippen LogP contribution in [-0.2, 0) is 14.8 Å². The van der Waals surface area contributed by atoms with Gasteiger partial charge in [0.15, 0.2) is 0 Å². The average Bonchev–Trinajstić information content (AvgIpc) is 2.57. The SMILES string of the molecule is COc1ccc(N(CCC(=O)Nc2ccc(F)cc2F)S(C)(=O)=O)cc1. The lowest BCUT2D eigenvalue weighted by Crippen LogP contribution is -2.33. The monoisotopic (exact) mass is 384 g/mol. The van der Waals surface area contributed by atoms with E-state index in [4.69, 9.17) is 4.74 Å². The van der Waals surface area contributed by atoms with E-state index in [2.05, 4.69) is 5.32 Å². The van der Waals surface area contributed by atoms with Gasteiger partial charge in [-0.2, -0.15) is 0 Å². The molecule has 1 N–H and O–H groups in total. The molecule has 0 heterocycles. The number of carbonyl (C=O) groups excluding carboxylic acids is 1. The van der Waals surface area contributed by atoms with Gasteiger partial charge in [-0.3, -0.25) is 9.10 Å². The van der Waals surface area contributed by atoms with Crippen LogP contribution >= 0.6 is 0 Å². The fourth-order valence-corrected chi connectivity index (χ4v) is 3.17. The molecule has 0 unspecified atom stereocenters. The molecule has 2 aromatic carbocycles. The lowest BCUT2D eigenvalue weighted by Gasteiger charge is -2.22. The third kappa shape index (κ3) is 5.16. The summed E-state index contributed by atoms with van der Waals surface area (Å²) in [4.78, 5) is 12.0. The van der Waals surface area contributed by atoms with E-state index in [1.165, 1.54) is 7.11 Å². The molecule has 0 saturated heterocycles. The summed E-state index contributed by atoms with van der Waals surface area (Å²) in [6.07, 6.45) is 0.810. The maximum Gasteiger partial charge on any atom is 0.232 e. The summed E-state index contributed by atoms with van der Waals surface area (Å²) < 4.78 is 56.5. The zero-order chi connectivity index (χ0) is 19.3. The Morgan fingerprint density at radius 3 is 2.35 bits per heavy atom. The van der Waals surface area contributed by atoms with Gasteiger partial charge in [-0.15, -0.1) is 0 Å². The summed E-state index contributed by atoms with van der Waals surface area (Å²) in [5.74, 6) is -1.71. The van der Waals surface area contributed by atoms with Crippen molar-refractivity contribution in [3.8, 4) is 5.75 Å². The first kappa shape index (κ1) is 19.6. The standard InChI is InChI=1S/C17H18F2N2O4S/c1-25-14-6-4-13(5-7-14)21(26(2,23)24)10-9-17(22)20-16-8-3-12(18)11-15(16)19/h3-8,11H,9-10H2,1-2H3,(H,20,22). The third-order valence-electron chi connectivity index (χ3n) is 3.51. The van der Waals surface area contributed by atoms with Gasteiger partial charge in [0.2, 0.25) is 15.9 Å². The Labute approximate surface area is 150 Å². The number of benzene rings is 2. The highest BCUT2D eigenvalue weighted by atomic mass is 32.2. The first-order valence-electron chi connectivity index (χ1n) is 7.57. The Morgan fingerprint density at radius 2 is 1.81 bits per heavy atom. The number of hydrogen-bond donors (Lipinski definition) is 1. The summed E-state index contributed by atoms with van der Waals surface area (Å²) in [6, 6.07) is 9.06. The number of halogens is 2. The third-order valence-corrected chi connectivity index (χ3v) is 4.70. The second-order valence-electron chi connectivity index (χ2n) is 5.46. The molecule has 2 aromatic rings. The van der Waals surface area contributed by atoms with E-state index in [1.54, 1.807) is 24.3 Å². The molecule has 0 radical (unpaired) electrons. The molecule has 1 amide bonds. The predicted molar refractivity (Wildman–Crippen MR) is 94.8 cm³/mol. The van der Waals surface area contributed by atoms with Gasteiger partial charge < -0.3 is 10.1 Å². The maximum atomic E-state index is 13.6. The summed E-state index contributed by atoms with van der Waals surface area (Å²) in [7, 11) is -2.14. The number of anilines is 2. The Bertz CT molecular complexity index is 886. The molecule has 0 saturated carbocycles. The number of ether oxygens (including phenoxy) is 1. The Balaban J connectivity index is 2.08.